The molecule has 136 valence electrons. The summed E-state index contributed by atoms with van der Waals surface area (Å²) in [7, 11) is 0. The Bertz CT molecular complexity index is 1120. The predicted molar refractivity (Wildman–Crippen MR) is 111 cm³/mol. The lowest BCUT2D eigenvalue weighted by atomic mass is 10.0. The second-order valence-corrected chi connectivity index (χ2v) is 7.70. The maximum Gasteiger partial charge on any atom is 0.346 e. The summed E-state index contributed by atoms with van der Waals surface area (Å²) >= 11 is 1.36. The molecule has 1 N–H and O–H groups in total. The van der Waals surface area contributed by atoms with E-state index in [-0.39, 0.29) is 0 Å². The number of aromatic carboxylic acids is 1. The third-order valence-corrected chi connectivity index (χ3v) is 5.90. The van der Waals surface area contributed by atoms with Gasteiger partial charge in [0.1, 0.15) is 10.6 Å². The Labute approximate surface area is 161 Å². The zero-order chi connectivity index (χ0) is 18.8. The van der Waals surface area contributed by atoms with Crippen molar-refractivity contribution >= 4 is 38.2 Å². The number of carbonyl (C=O) groups is 1. The first kappa shape index (κ1) is 17.6. The van der Waals surface area contributed by atoms with Gasteiger partial charge in [0.2, 0.25) is 0 Å². The fourth-order valence-corrected chi connectivity index (χ4v) is 4.62. The summed E-state index contributed by atoms with van der Waals surface area (Å²) in [6.45, 7) is 2.58. The van der Waals surface area contributed by atoms with E-state index >= 15 is 0 Å². The van der Waals surface area contributed by atoms with Gasteiger partial charge in [0.05, 0.1) is 6.61 Å². The molecule has 1 aromatic heterocycles. The average Bonchev–Trinajstić information content (AvgIpc) is 3.03. The van der Waals surface area contributed by atoms with Crippen LogP contribution in [0, 0.1) is 6.92 Å². The summed E-state index contributed by atoms with van der Waals surface area (Å²) in [4.78, 5) is 12.1. The van der Waals surface area contributed by atoms with Crippen LogP contribution in [0.25, 0.3) is 20.9 Å². The van der Waals surface area contributed by atoms with Crippen molar-refractivity contribution in [1.29, 1.82) is 0 Å². The Morgan fingerprint density at radius 3 is 2.70 bits per heavy atom. The van der Waals surface area contributed by atoms with Crippen LogP contribution in [0.1, 0.15) is 27.2 Å². The number of ether oxygens (including phenoxy) is 1. The molecular formula is C23H20O3S. The Morgan fingerprint density at radius 2 is 1.85 bits per heavy atom. The molecule has 0 aliphatic carbocycles. The van der Waals surface area contributed by atoms with Gasteiger partial charge in [-0.1, -0.05) is 48.5 Å². The zero-order valence-corrected chi connectivity index (χ0v) is 15.9. The number of rotatable bonds is 6. The van der Waals surface area contributed by atoms with Crippen molar-refractivity contribution in [3.8, 4) is 5.75 Å². The van der Waals surface area contributed by atoms with Crippen LogP contribution >= 0.6 is 11.3 Å². The topological polar surface area (TPSA) is 46.5 Å². The Kier molecular flexibility index (Phi) is 4.82. The van der Waals surface area contributed by atoms with Crippen LogP contribution in [0.4, 0.5) is 0 Å². The third kappa shape index (κ3) is 3.53. The van der Waals surface area contributed by atoms with Crippen molar-refractivity contribution in [2.45, 2.75) is 19.8 Å². The SMILES string of the molecule is Cc1ccc2c(CCCOc3cccc4ccccc34)c(C(=O)O)sc2c1. The molecule has 0 atom stereocenters. The third-order valence-electron chi connectivity index (χ3n) is 4.72. The number of carboxylic acid groups (broad SMARTS) is 1. The molecule has 4 heteroatoms. The standard InChI is InChI=1S/C23H20O3S/c1-15-11-12-18-19(22(23(24)25)27-21(18)14-15)9-5-13-26-20-10-4-7-16-6-2-3-8-17(16)20/h2-4,6-8,10-12,14H,5,9,13H2,1H3,(H,24,25). The molecule has 27 heavy (non-hydrogen) atoms. The summed E-state index contributed by atoms with van der Waals surface area (Å²) in [5.74, 6) is 0.0242. The van der Waals surface area contributed by atoms with E-state index in [0.717, 1.165) is 44.2 Å². The molecule has 0 unspecified atom stereocenters. The van der Waals surface area contributed by atoms with E-state index in [9.17, 15) is 9.90 Å². The maximum absolute atomic E-state index is 11.7. The Hall–Kier alpha value is -2.85. The number of hydrogen-bond acceptors (Lipinski definition) is 3. The lowest BCUT2D eigenvalue weighted by Gasteiger charge is -2.09. The van der Waals surface area contributed by atoms with Gasteiger partial charge in [-0.25, -0.2) is 4.79 Å². The highest BCUT2D eigenvalue weighted by Crippen LogP contribution is 2.33. The van der Waals surface area contributed by atoms with Gasteiger partial charge in [0.25, 0.3) is 0 Å². The fraction of sp³-hybridized carbons (Fsp3) is 0.174. The van der Waals surface area contributed by atoms with Crippen molar-refractivity contribution < 1.29 is 14.6 Å². The van der Waals surface area contributed by atoms with Crippen molar-refractivity contribution in [2.75, 3.05) is 6.61 Å². The summed E-state index contributed by atoms with van der Waals surface area (Å²) < 4.78 is 7.04. The smallest absolute Gasteiger partial charge is 0.346 e. The molecule has 1 heterocycles. The number of fused-ring (bicyclic) bond motifs is 2. The lowest BCUT2D eigenvalue weighted by Crippen LogP contribution is -2.03. The first-order valence-corrected chi connectivity index (χ1v) is 9.81. The summed E-state index contributed by atoms with van der Waals surface area (Å²) in [5.41, 5.74) is 2.07. The molecule has 4 aromatic rings. The van der Waals surface area contributed by atoms with E-state index in [1.54, 1.807) is 0 Å². The highest BCUT2D eigenvalue weighted by molar-refractivity contribution is 7.21. The minimum Gasteiger partial charge on any atom is -0.493 e. The normalized spacial score (nSPS) is 11.1. The van der Waals surface area contributed by atoms with Crippen LogP contribution in [0.2, 0.25) is 0 Å². The zero-order valence-electron chi connectivity index (χ0n) is 15.1. The highest BCUT2D eigenvalue weighted by Gasteiger charge is 2.17. The van der Waals surface area contributed by atoms with Crippen LogP contribution in [-0.4, -0.2) is 17.7 Å². The monoisotopic (exact) mass is 376 g/mol. The minimum atomic E-state index is -0.848. The van der Waals surface area contributed by atoms with E-state index in [2.05, 4.69) is 24.3 Å². The fourth-order valence-electron chi connectivity index (χ4n) is 3.43. The van der Waals surface area contributed by atoms with Gasteiger partial charge in [-0.15, -0.1) is 11.3 Å². The lowest BCUT2D eigenvalue weighted by molar-refractivity contribution is 0.0701. The van der Waals surface area contributed by atoms with Crippen LogP contribution in [0.3, 0.4) is 0 Å². The van der Waals surface area contributed by atoms with E-state index in [1.165, 1.54) is 11.3 Å². The molecule has 0 saturated heterocycles. The molecule has 0 spiro atoms. The van der Waals surface area contributed by atoms with Crippen LogP contribution in [0.15, 0.2) is 60.7 Å². The second-order valence-electron chi connectivity index (χ2n) is 6.64. The molecule has 0 amide bonds. The van der Waals surface area contributed by atoms with Crippen molar-refractivity contribution in [3.05, 3.63) is 76.7 Å². The Morgan fingerprint density at radius 1 is 1.04 bits per heavy atom. The van der Waals surface area contributed by atoms with Crippen molar-refractivity contribution in [3.63, 3.8) is 0 Å². The van der Waals surface area contributed by atoms with Gasteiger partial charge in [0.15, 0.2) is 0 Å². The van der Waals surface area contributed by atoms with E-state index in [1.807, 2.05) is 43.3 Å². The minimum absolute atomic E-state index is 0.445. The molecule has 3 nitrogen and oxygen atoms in total. The number of thiophene rings is 1. The first-order valence-electron chi connectivity index (χ1n) is 8.99. The van der Waals surface area contributed by atoms with Gasteiger partial charge in [0, 0.05) is 10.1 Å². The molecule has 3 aromatic carbocycles. The van der Waals surface area contributed by atoms with E-state index < -0.39 is 5.97 Å². The molecule has 0 aliphatic rings. The molecule has 0 aliphatic heterocycles. The molecule has 0 bridgehead atoms. The summed E-state index contributed by atoms with van der Waals surface area (Å²) in [5, 5.41) is 12.9. The van der Waals surface area contributed by atoms with Crippen LogP contribution < -0.4 is 4.74 Å². The van der Waals surface area contributed by atoms with Crippen molar-refractivity contribution in [2.24, 2.45) is 0 Å². The van der Waals surface area contributed by atoms with Gasteiger partial charge in [-0.3, -0.25) is 0 Å². The highest BCUT2D eigenvalue weighted by atomic mass is 32.1. The quantitative estimate of drug-likeness (QED) is 0.415. The first-order chi connectivity index (χ1) is 13.1. The molecular weight excluding hydrogens is 356 g/mol. The number of hydrogen-bond donors (Lipinski definition) is 1. The largest absolute Gasteiger partial charge is 0.493 e. The van der Waals surface area contributed by atoms with Gasteiger partial charge in [-0.05, 0) is 53.8 Å². The number of aryl methyl sites for hydroxylation is 2. The van der Waals surface area contributed by atoms with Gasteiger partial charge < -0.3 is 9.84 Å². The Balaban J connectivity index is 1.50. The van der Waals surface area contributed by atoms with Gasteiger partial charge in [-0.2, -0.15) is 0 Å². The number of benzene rings is 3. The molecule has 0 radical (unpaired) electrons. The molecule has 4 rings (SSSR count). The molecule has 0 saturated carbocycles. The second kappa shape index (κ2) is 7.41. The predicted octanol–water partition coefficient (Wildman–Crippen LogP) is 6.07. The maximum atomic E-state index is 11.7. The number of carboxylic acids is 1. The summed E-state index contributed by atoms with van der Waals surface area (Å²) in [6.07, 6.45) is 1.46. The average molecular weight is 376 g/mol. The van der Waals surface area contributed by atoms with Crippen molar-refractivity contribution in [1.82, 2.24) is 0 Å². The van der Waals surface area contributed by atoms with Crippen LogP contribution in [0.5, 0.6) is 5.75 Å². The summed E-state index contributed by atoms with van der Waals surface area (Å²) in [6, 6.07) is 20.3. The molecule has 0 fully saturated rings. The van der Waals surface area contributed by atoms with Crippen LogP contribution in [-0.2, 0) is 6.42 Å². The van der Waals surface area contributed by atoms with E-state index in [0.29, 0.717) is 17.9 Å². The van der Waals surface area contributed by atoms with E-state index in [4.69, 9.17) is 4.74 Å². The van der Waals surface area contributed by atoms with Gasteiger partial charge >= 0.3 is 5.97 Å².